The zero-order valence-corrected chi connectivity index (χ0v) is 28.0. The first-order chi connectivity index (χ1) is 24.0. The highest BCUT2D eigenvalue weighted by Crippen LogP contribution is 2.55. The monoisotopic (exact) mass is 695 g/mol. The van der Waals surface area contributed by atoms with E-state index in [0.29, 0.717) is 75.0 Å². The number of piperidine rings is 1. The lowest BCUT2D eigenvalue weighted by atomic mass is 9.84. The maximum Gasteiger partial charge on any atom is 0.417 e. The molecule has 14 heteroatoms. The summed E-state index contributed by atoms with van der Waals surface area (Å²) in [6.07, 6.45) is 6.01. The van der Waals surface area contributed by atoms with Gasteiger partial charge < -0.3 is 24.8 Å². The van der Waals surface area contributed by atoms with Crippen LogP contribution < -0.4 is 20.7 Å². The molecule has 2 saturated heterocycles. The van der Waals surface area contributed by atoms with E-state index in [1.165, 1.54) is 12.1 Å². The molecular weight excluding hydrogens is 654 g/mol. The highest BCUT2D eigenvalue weighted by molar-refractivity contribution is 6.07. The summed E-state index contributed by atoms with van der Waals surface area (Å²) in [5.41, 5.74) is -0.240. The van der Waals surface area contributed by atoms with Crippen LogP contribution in [0.4, 0.5) is 34.9 Å². The number of pyridine rings is 1. The summed E-state index contributed by atoms with van der Waals surface area (Å²) >= 11 is 0. The van der Waals surface area contributed by atoms with Gasteiger partial charge in [-0.25, -0.2) is 14.4 Å². The van der Waals surface area contributed by atoms with E-state index >= 15 is 4.39 Å². The average molecular weight is 696 g/mol. The fourth-order valence-electron chi connectivity index (χ4n) is 7.48. The number of alkyl halides is 3. The number of aromatic nitrogens is 3. The van der Waals surface area contributed by atoms with Crippen LogP contribution in [0.25, 0.3) is 5.57 Å². The second-order valence-corrected chi connectivity index (χ2v) is 14.0. The van der Waals surface area contributed by atoms with Crippen LogP contribution in [0.5, 0.6) is 0 Å². The Morgan fingerprint density at radius 1 is 1.10 bits per heavy atom. The van der Waals surface area contributed by atoms with Gasteiger partial charge in [0.05, 0.1) is 35.7 Å². The number of morpholine rings is 1. The highest BCUT2D eigenvalue weighted by atomic mass is 19.4. The molecule has 1 aromatic carbocycles. The second-order valence-electron chi connectivity index (χ2n) is 14.0. The van der Waals surface area contributed by atoms with Crippen LogP contribution >= 0.6 is 0 Å². The second kappa shape index (κ2) is 13.8. The topological polar surface area (TPSA) is 107 Å². The maximum absolute atomic E-state index is 16.1. The number of hydrogen-bond donors (Lipinski definition) is 2. The van der Waals surface area contributed by atoms with Crippen molar-refractivity contribution in [3.8, 4) is 0 Å². The lowest BCUT2D eigenvalue weighted by Gasteiger charge is -2.40. The molecule has 0 radical (unpaired) electrons. The molecule has 2 N–H and O–H groups in total. The summed E-state index contributed by atoms with van der Waals surface area (Å²) in [4.78, 5) is 43.0. The molecule has 1 unspecified atom stereocenters. The number of hydrogen-bond acceptors (Lipinski definition) is 8. The standard InChI is InChI=1S/C36H41F4N7O3/c1-2-23-16-35(5-6-35)22-47(21-23)31-15-29(37)26(13-30(31)44-33(49)27-19-41-32(48)14-28(27)36(38,39)40)25-3-7-46(8-4-25)34-42-17-24(18-43-34)20-45-9-11-50-12-10-45/h3,13-15,17-19,23H,2,4-12,16,20-22H2,1H3,(H,41,48)(H,44,49). The first-order valence-electron chi connectivity index (χ1n) is 17.3. The van der Waals surface area contributed by atoms with Gasteiger partial charge in [0.2, 0.25) is 11.5 Å². The molecule has 4 aliphatic rings. The van der Waals surface area contributed by atoms with Crippen molar-refractivity contribution in [2.45, 2.75) is 51.7 Å². The van der Waals surface area contributed by atoms with E-state index < -0.39 is 34.6 Å². The van der Waals surface area contributed by atoms with Crippen LogP contribution in [-0.4, -0.2) is 78.2 Å². The van der Waals surface area contributed by atoms with Crippen molar-refractivity contribution >= 4 is 28.8 Å². The zero-order valence-electron chi connectivity index (χ0n) is 28.0. The molecule has 0 bridgehead atoms. The zero-order chi connectivity index (χ0) is 35.0. The van der Waals surface area contributed by atoms with Crippen LogP contribution in [0.2, 0.25) is 0 Å². The number of anilines is 3. The predicted octanol–water partition coefficient (Wildman–Crippen LogP) is 5.72. The molecule has 10 nitrogen and oxygen atoms in total. The molecule has 1 atom stereocenters. The summed E-state index contributed by atoms with van der Waals surface area (Å²) in [7, 11) is 0. The Morgan fingerprint density at radius 2 is 1.86 bits per heavy atom. The van der Waals surface area contributed by atoms with Crippen molar-refractivity contribution < 1.29 is 27.1 Å². The van der Waals surface area contributed by atoms with E-state index in [0.717, 1.165) is 57.1 Å². The normalized spacial score (nSPS) is 20.9. The Bertz CT molecular complexity index is 1820. The number of benzene rings is 1. The van der Waals surface area contributed by atoms with E-state index in [1.807, 2.05) is 23.4 Å². The Morgan fingerprint density at radius 3 is 2.52 bits per heavy atom. The molecule has 3 aromatic rings. The van der Waals surface area contributed by atoms with Gasteiger partial charge in [-0.3, -0.25) is 14.5 Å². The van der Waals surface area contributed by atoms with Crippen LogP contribution in [0, 0.1) is 17.2 Å². The lowest BCUT2D eigenvalue weighted by Crippen LogP contribution is -2.42. The summed E-state index contributed by atoms with van der Waals surface area (Å²) in [5, 5.41) is 2.68. The number of nitrogens with zero attached hydrogens (tertiary/aromatic N) is 5. The first kappa shape index (κ1) is 34.2. The van der Waals surface area contributed by atoms with E-state index in [4.69, 9.17) is 4.74 Å². The summed E-state index contributed by atoms with van der Waals surface area (Å²) < 4.78 is 63.2. The minimum atomic E-state index is -4.93. The summed E-state index contributed by atoms with van der Waals surface area (Å²) in [5.74, 6) is -0.572. The molecule has 266 valence electrons. The molecule has 1 spiro atoms. The summed E-state index contributed by atoms with van der Waals surface area (Å²) in [6, 6.07) is 3.31. The smallest absolute Gasteiger partial charge is 0.379 e. The molecule has 3 aliphatic heterocycles. The number of carbonyl (C=O) groups excluding carboxylic acids is 1. The van der Waals surface area contributed by atoms with Crippen molar-refractivity contribution in [1.29, 1.82) is 0 Å². The number of carbonyl (C=O) groups is 1. The van der Waals surface area contributed by atoms with Crippen molar-refractivity contribution in [3.63, 3.8) is 0 Å². The number of nitrogens with one attached hydrogen (secondary N) is 2. The van der Waals surface area contributed by atoms with Gasteiger partial charge in [0, 0.05) is 81.6 Å². The lowest BCUT2D eigenvalue weighted by molar-refractivity contribution is -0.138. The summed E-state index contributed by atoms with van der Waals surface area (Å²) in [6.45, 7) is 8.31. The Balaban J connectivity index is 1.16. The van der Waals surface area contributed by atoms with Gasteiger partial charge in [-0.05, 0) is 54.7 Å². The van der Waals surface area contributed by atoms with E-state index in [-0.39, 0.29) is 16.7 Å². The molecule has 1 amide bonds. The molecular formula is C36H41F4N7O3. The Kier molecular flexibility index (Phi) is 9.42. The van der Waals surface area contributed by atoms with Crippen LogP contribution in [-0.2, 0) is 17.5 Å². The molecule has 7 rings (SSSR count). The number of rotatable bonds is 8. The van der Waals surface area contributed by atoms with Gasteiger partial charge >= 0.3 is 6.18 Å². The minimum absolute atomic E-state index is 0.135. The quantitative estimate of drug-likeness (QED) is 0.289. The molecule has 1 aliphatic carbocycles. The third-order valence-corrected chi connectivity index (χ3v) is 10.4. The van der Waals surface area contributed by atoms with Crippen molar-refractivity contribution in [1.82, 2.24) is 19.9 Å². The number of ether oxygens (including phenoxy) is 1. The third kappa shape index (κ3) is 7.41. The van der Waals surface area contributed by atoms with Gasteiger partial charge in [-0.1, -0.05) is 19.4 Å². The van der Waals surface area contributed by atoms with E-state index in [9.17, 15) is 22.8 Å². The van der Waals surface area contributed by atoms with Gasteiger partial charge in [0.1, 0.15) is 5.82 Å². The van der Waals surface area contributed by atoms with E-state index in [1.54, 1.807) is 0 Å². The SMILES string of the molecule is CCC1CN(c2cc(F)c(C3=CCN(c4ncc(CN5CCOCC5)cn4)CC3)cc2NC(=O)c2c[nH]c(=O)cc2C(F)(F)F)CC2(CC2)C1. The largest absolute Gasteiger partial charge is 0.417 e. The van der Waals surface area contributed by atoms with Gasteiger partial charge in [0.25, 0.3) is 5.91 Å². The number of aromatic amines is 1. The molecule has 5 heterocycles. The Labute approximate surface area is 287 Å². The van der Waals surface area contributed by atoms with Gasteiger partial charge in [-0.15, -0.1) is 0 Å². The first-order valence-corrected chi connectivity index (χ1v) is 17.3. The van der Waals surface area contributed by atoms with Crippen molar-refractivity contribution in [3.05, 3.63) is 81.3 Å². The highest BCUT2D eigenvalue weighted by Gasteiger charge is 2.48. The number of halogens is 4. The minimum Gasteiger partial charge on any atom is -0.379 e. The molecule has 2 aromatic heterocycles. The van der Waals surface area contributed by atoms with Crippen molar-refractivity contribution in [2.24, 2.45) is 11.3 Å². The Hall–Kier alpha value is -4.30. The van der Waals surface area contributed by atoms with Crippen LogP contribution in [0.15, 0.2) is 47.7 Å². The van der Waals surface area contributed by atoms with Crippen molar-refractivity contribution in [2.75, 3.05) is 67.6 Å². The fraction of sp³-hybridized carbons (Fsp3) is 0.500. The molecule has 1 saturated carbocycles. The van der Waals surface area contributed by atoms with Gasteiger partial charge in [-0.2, -0.15) is 13.2 Å². The average Bonchev–Trinajstić information content (AvgIpc) is 3.86. The van der Waals surface area contributed by atoms with E-state index in [2.05, 4.69) is 37.0 Å². The third-order valence-electron chi connectivity index (χ3n) is 10.4. The fourth-order valence-corrected chi connectivity index (χ4v) is 7.48. The van der Waals surface area contributed by atoms with Crippen LogP contribution in [0.1, 0.15) is 66.1 Å². The predicted molar refractivity (Wildman–Crippen MR) is 182 cm³/mol. The maximum atomic E-state index is 16.1. The molecule has 50 heavy (non-hydrogen) atoms. The number of H-pyrrole nitrogens is 1. The molecule has 3 fully saturated rings. The van der Waals surface area contributed by atoms with Crippen LogP contribution in [0.3, 0.4) is 0 Å². The number of amides is 1. The van der Waals surface area contributed by atoms with Gasteiger partial charge in [0.15, 0.2) is 0 Å².